The number of nitro benzene ring substituents is 2. The van der Waals surface area contributed by atoms with Crippen LogP contribution in [0.2, 0.25) is 0 Å². The number of nitro groups is 2. The molecule has 0 spiro atoms. The number of aromatic amines is 1. The molecule has 1 aromatic heterocycles. The first-order valence-electron chi connectivity index (χ1n) is 9.48. The Hall–Kier alpha value is -3.84. The van der Waals surface area contributed by atoms with E-state index in [1.54, 1.807) is 0 Å². The molecular formula is C19H17N5O7S. The number of non-ortho nitro benzene ring substituents is 1. The van der Waals surface area contributed by atoms with Gasteiger partial charge in [-0.05, 0) is 12.1 Å². The maximum atomic E-state index is 13.0. The largest absolute Gasteiger partial charge is 0.360 e. The molecule has 1 aliphatic rings. The van der Waals surface area contributed by atoms with Crippen LogP contribution in [0.5, 0.6) is 0 Å². The van der Waals surface area contributed by atoms with Crippen LogP contribution >= 0.6 is 0 Å². The molecule has 0 saturated carbocycles. The summed E-state index contributed by atoms with van der Waals surface area (Å²) in [4.78, 5) is 38.0. The summed E-state index contributed by atoms with van der Waals surface area (Å²) >= 11 is 0. The third-order valence-corrected chi connectivity index (χ3v) is 7.26. The molecule has 3 aromatic rings. The molecule has 1 fully saturated rings. The molecule has 12 nitrogen and oxygen atoms in total. The summed E-state index contributed by atoms with van der Waals surface area (Å²) in [6.07, 6.45) is 1.47. The third kappa shape index (κ3) is 3.67. The van der Waals surface area contributed by atoms with Crippen LogP contribution in [0, 0.1) is 20.2 Å². The fourth-order valence-corrected chi connectivity index (χ4v) is 5.25. The summed E-state index contributed by atoms with van der Waals surface area (Å²) in [5.74, 6) is -0.389. The van der Waals surface area contributed by atoms with Crippen molar-refractivity contribution in [2.45, 2.75) is 4.90 Å². The Balaban J connectivity index is 1.54. The van der Waals surface area contributed by atoms with Crippen LogP contribution in [0.15, 0.2) is 53.6 Å². The Labute approximate surface area is 181 Å². The normalized spacial score (nSPS) is 15.1. The number of hydrogen-bond acceptors (Lipinski definition) is 7. The van der Waals surface area contributed by atoms with Crippen LogP contribution in [-0.2, 0) is 10.0 Å². The zero-order valence-corrected chi connectivity index (χ0v) is 17.3. The molecule has 4 rings (SSSR count). The van der Waals surface area contributed by atoms with Crippen molar-refractivity contribution in [3.63, 3.8) is 0 Å². The molecule has 0 bridgehead atoms. The highest BCUT2D eigenvalue weighted by Crippen LogP contribution is 2.28. The summed E-state index contributed by atoms with van der Waals surface area (Å²) in [6.45, 7) is 0.0613. The summed E-state index contributed by atoms with van der Waals surface area (Å²) in [7, 11) is -4.12. The number of nitrogens with one attached hydrogen (secondary N) is 1. The standard InChI is InChI=1S/C19H17N5O7S/c25-19(15-12-20-16-6-5-13(23(26)27)11-14(15)16)21-7-9-22(10-8-21)32(30,31)18-4-2-1-3-17(18)24(28)29/h1-6,11-12,20H,7-10H2. The Morgan fingerprint density at radius 3 is 2.31 bits per heavy atom. The maximum absolute atomic E-state index is 13.0. The number of carbonyl (C=O) groups excluding carboxylic acids is 1. The molecule has 1 aliphatic heterocycles. The number of fused-ring (bicyclic) bond motifs is 1. The van der Waals surface area contributed by atoms with Gasteiger partial charge < -0.3 is 9.88 Å². The van der Waals surface area contributed by atoms with Gasteiger partial charge in [0.15, 0.2) is 4.90 Å². The number of amides is 1. The molecule has 0 unspecified atom stereocenters. The second-order valence-corrected chi connectivity index (χ2v) is 9.02. The van der Waals surface area contributed by atoms with Crippen molar-refractivity contribution in [1.29, 1.82) is 0 Å². The Morgan fingerprint density at radius 2 is 1.66 bits per heavy atom. The molecule has 0 atom stereocenters. The van der Waals surface area contributed by atoms with E-state index >= 15 is 0 Å². The average molecular weight is 459 g/mol. The number of H-pyrrole nitrogens is 1. The van der Waals surface area contributed by atoms with Crippen molar-refractivity contribution in [2.75, 3.05) is 26.2 Å². The number of carbonyl (C=O) groups is 1. The van der Waals surface area contributed by atoms with E-state index in [2.05, 4.69) is 4.98 Å². The monoisotopic (exact) mass is 459 g/mol. The van der Waals surface area contributed by atoms with Crippen molar-refractivity contribution >= 4 is 38.2 Å². The fourth-order valence-electron chi connectivity index (χ4n) is 3.67. The summed E-state index contributed by atoms with van der Waals surface area (Å²) in [5.41, 5.74) is 0.160. The number of para-hydroxylation sites is 1. The Bertz CT molecular complexity index is 1340. The predicted octanol–water partition coefficient (Wildman–Crippen LogP) is 2.13. The molecule has 1 amide bonds. The average Bonchev–Trinajstić information content (AvgIpc) is 3.22. The lowest BCUT2D eigenvalue weighted by Gasteiger charge is -2.33. The molecular weight excluding hydrogens is 442 g/mol. The SMILES string of the molecule is O=C(c1c[nH]c2ccc([N+](=O)[O-])cc12)N1CCN(S(=O)(=O)c2ccccc2[N+](=O)[O-])CC1. The van der Waals surface area contributed by atoms with Gasteiger partial charge in [-0.1, -0.05) is 12.1 Å². The smallest absolute Gasteiger partial charge is 0.289 e. The molecule has 32 heavy (non-hydrogen) atoms. The van der Waals surface area contributed by atoms with E-state index < -0.39 is 30.5 Å². The van der Waals surface area contributed by atoms with Crippen molar-refractivity contribution in [3.05, 3.63) is 74.5 Å². The second kappa shape index (κ2) is 8.01. The minimum Gasteiger partial charge on any atom is -0.360 e. The van der Waals surface area contributed by atoms with Gasteiger partial charge in [-0.3, -0.25) is 25.0 Å². The second-order valence-electron chi connectivity index (χ2n) is 7.11. The van der Waals surface area contributed by atoms with Crippen LogP contribution < -0.4 is 0 Å². The first-order valence-corrected chi connectivity index (χ1v) is 10.9. The molecule has 1 N–H and O–H groups in total. The van der Waals surface area contributed by atoms with E-state index in [0.717, 1.165) is 10.4 Å². The molecule has 1 saturated heterocycles. The van der Waals surface area contributed by atoms with Gasteiger partial charge >= 0.3 is 0 Å². The predicted molar refractivity (Wildman–Crippen MR) is 113 cm³/mol. The number of sulfonamides is 1. The minimum atomic E-state index is -4.12. The summed E-state index contributed by atoms with van der Waals surface area (Å²) < 4.78 is 27.0. The number of nitrogens with zero attached hydrogens (tertiary/aromatic N) is 4. The molecule has 166 valence electrons. The van der Waals surface area contributed by atoms with Gasteiger partial charge in [0.25, 0.3) is 17.3 Å². The molecule has 13 heteroatoms. The maximum Gasteiger partial charge on any atom is 0.289 e. The lowest BCUT2D eigenvalue weighted by atomic mass is 10.1. The Kier molecular flexibility index (Phi) is 5.36. The summed E-state index contributed by atoms with van der Waals surface area (Å²) in [5, 5.41) is 22.7. The van der Waals surface area contributed by atoms with Crippen molar-refractivity contribution in [3.8, 4) is 0 Å². The third-order valence-electron chi connectivity index (χ3n) is 5.31. The molecule has 2 aromatic carbocycles. The van der Waals surface area contributed by atoms with Crippen LogP contribution in [-0.4, -0.2) is 64.5 Å². The van der Waals surface area contributed by atoms with Crippen LogP contribution in [0.25, 0.3) is 10.9 Å². The molecule has 0 aliphatic carbocycles. The number of benzene rings is 2. The number of hydrogen-bond donors (Lipinski definition) is 1. The van der Waals surface area contributed by atoms with Gasteiger partial charge in [0.05, 0.1) is 15.4 Å². The minimum absolute atomic E-state index is 0.0391. The zero-order chi connectivity index (χ0) is 23.0. The van der Waals surface area contributed by atoms with E-state index in [0.29, 0.717) is 10.9 Å². The van der Waals surface area contributed by atoms with E-state index in [1.165, 1.54) is 47.5 Å². The lowest BCUT2D eigenvalue weighted by molar-refractivity contribution is -0.387. The van der Waals surface area contributed by atoms with Gasteiger partial charge in [-0.25, -0.2) is 8.42 Å². The van der Waals surface area contributed by atoms with Crippen molar-refractivity contribution < 1.29 is 23.1 Å². The lowest BCUT2D eigenvalue weighted by Crippen LogP contribution is -2.50. The topological polar surface area (TPSA) is 160 Å². The van der Waals surface area contributed by atoms with Gasteiger partial charge in [0, 0.05) is 61.5 Å². The number of aromatic nitrogens is 1. The zero-order valence-electron chi connectivity index (χ0n) is 16.5. The first-order chi connectivity index (χ1) is 15.2. The van der Waals surface area contributed by atoms with Gasteiger partial charge in [0.2, 0.25) is 10.0 Å². The van der Waals surface area contributed by atoms with E-state index in [-0.39, 0.29) is 43.3 Å². The van der Waals surface area contributed by atoms with Crippen molar-refractivity contribution in [2.24, 2.45) is 0 Å². The van der Waals surface area contributed by atoms with Crippen LogP contribution in [0.4, 0.5) is 11.4 Å². The van der Waals surface area contributed by atoms with Crippen LogP contribution in [0.3, 0.4) is 0 Å². The van der Waals surface area contributed by atoms with Gasteiger partial charge in [-0.15, -0.1) is 0 Å². The van der Waals surface area contributed by atoms with E-state index in [1.807, 2.05) is 0 Å². The van der Waals surface area contributed by atoms with Crippen LogP contribution in [0.1, 0.15) is 10.4 Å². The van der Waals surface area contributed by atoms with E-state index in [4.69, 9.17) is 0 Å². The highest BCUT2D eigenvalue weighted by atomic mass is 32.2. The number of rotatable bonds is 5. The number of piperazine rings is 1. The quantitative estimate of drug-likeness (QED) is 0.452. The Morgan fingerprint density at radius 1 is 0.969 bits per heavy atom. The van der Waals surface area contributed by atoms with Gasteiger partial charge in [0.1, 0.15) is 0 Å². The molecule has 2 heterocycles. The van der Waals surface area contributed by atoms with Crippen molar-refractivity contribution in [1.82, 2.24) is 14.2 Å². The first kappa shape index (κ1) is 21.4. The fraction of sp³-hybridized carbons (Fsp3) is 0.211. The molecule has 0 radical (unpaired) electrons. The highest BCUT2D eigenvalue weighted by Gasteiger charge is 2.35. The summed E-state index contributed by atoms with van der Waals surface area (Å²) in [6, 6.07) is 9.27. The van der Waals surface area contributed by atoms with E-state index in [9.17, 15) is 33.4 Å². The van der Waals surface area contributed by atoms with Gasteiger partial charge in [-0.2, -0.15) is 4.31 Å². The highest BCUT2D eigenvalue weighted by molar-refractivity contribution is 7.89.